The lowest BCUT2D eigenvalue weighted by Gasteiger charge is -2.26. The maximum Gasteiger partial charge on any atom is 0.111 e. The summed E-state index contributed by atoms with van der Waals surface area (Å²) in [6.45, 7) is 6.45. The highest BCUT2D eigenvalue weighted by Crippen LogP contribution is 2.23. The Balaban J connectivity index is 2.37. The molecule has 98 valence electrons. The Bertz CT molecular complexity index is 566. The van der Waals surface area contributed by atoms with E-state index in [1.54, 1.807) is 0 Å². The molecule has 1 heterocycles. The Morgan fingerprint density at radius 2 is 2.06 bits per heavy atom. The summed E-state index contributed by atoms with van der Waals surface area (Å²) in [4.78, 5) is 4.63. The number of nitrogens with two attached hydrogens (primary N) is 1. The molecule has 4 heteroatoms. The van der Waals surface area contributed by atoms with Crippen LogP contribution in [0.1, 0.15) is 26.6 Å². The van der Waals surface area contributed by atoms with E-state index in [4.69, 9.17) is 17.3 Å². The largest absolute Gasteiger partial charge is 0.331 e. The van der Waals surface area contributed by atoms with E-state index in [1.165, 1.54) is 0 Å². The van der Waals surface area contributed by atoms with Crippen LogP contribution in [-0.4, -0.2) is 15.6 Å². The third-order valence-corrected chi connectivity index (χ3v) is 3.69. The predicted octanol–water partition coefficient (Wildman–Crippen LogP) is 3.14. The van der Waals surface area contributed by atoms with Crippen molar-refractivity contribution >= 4 is 22.6 Å². The van der Waals surface area contributed by atoms with E-state index in [0.29, 0.717) is 5.02 Å². The molecule has 3 nitrogen and oxygen atoms in total. The van der Waals surface area contributed by atoms with Gasteiger partial charge in [0, 0.05) is 24.5 Å². The Hall–Kier alpha value is -1.06. The van der Waals surface area contributed by atoms with Crippen LogP contribution in [0.4, 0.5) is 0 Å². The Labute approximate surface area is 113 Å². The third kappa shape index (κ3) is 2.52. The summed E-state index contributed by atoms with van der Waals surface area (Å²) >= 11 is 5.98. The van der Waals surface area contributed by atoms with Gasteiger partial charge in [-0.1, -0.05) is 32.4 Å². The first-order chi connectivity index (χ1) is 8.29. The highest BCUT2D eigenvalue weighted by Gasteiger charge is 2.23. The maximum absolute atomic E-state index is 6.22. The number of hydrogen-bond donors (Lipinski definition) is 1. The minimum atomic E-state index is 0.0791. The third-order valence-electron chi connectivity index (χ3n) is 3.45. The van der Waals surface area contributed by atoms with Gasteiger partial charge in [0.25, 0.3) is 0 Å². The number of aryl methyl sites for hydroxylation is 1. The lowest BCUT2D eigenvalue weighted by atomic mass is 9.85. The molecule has 0 amide bonds. The van der Waals surface area contributed by atoms with Gasteiger partial charge in [0.15, 0.2) is 0 Å². The van der Waals surface area contributed by atoms with Crippen molar-refractivity contribution in [2.24, 2.45) is 18.2 Å². The zero-order valence-corrected chi connectivity index (χ0v) is 12.1. The van der Waals surface area contributed by atoms with Crippen molar-refractivity contribution in [2.45, 2.75) is 33.2 Å². The number of benzene rings is 1. The number of imidazole rings is 1. The van der Waals surface area contributed by atoms with Crippen molar-refractivity contribution in [3.63, 3.8) is 0 Å². The Morgan fingerprint density at radius 1 is 1.39 bits per heavy atom. The quantitative estimate of drug-likeness (QED) is 0.907. The topological polar surface area (TPSA) is 43.8 Å². The van der Waals surface area contributed by atoms with Gasteiger partial charge in [-0.25, -0.2) is 4.98 Å². The number of nitrogens with zero attached hydrogens (tertiary/aromatic N) is 2. The number of fused-ring (bicyclic) bond motifs is 1. The predicted molar refractivity (Wildman–Crippen MR) is 76.9 cm³/mol. The summed E-state index contributed by atoms with van der Waals surface area (Å²) in [6, 6.07) is 5.86. The van der Waals surface area contributed by atoms with Gasteiger partial charge in [-0.05, 0) is 23.6 Å². The summed E-state index contributed by atoms with van der Waals surface area (Å²) < 4.78 is 2.09. The van der Waals surface area contributed by atoms with Gasteiger partial charge in [0.05, 0.1) is 11.0 Å². The van der Waals surface area contributed by atoms with Crippen LogP contribution in [-0.2, 0) is 13.5 Å². The van der Waals surface area contributed by atoms with Crippen molar-refractivity contribution in [3.8, 4) is 0 Å². The highest BCUT2D eigenvalue weighted by atomic mass is 35.5. The first kappa shape index (κ1) is 13.4. The van der Waals surface area contributed by atoms with Gasteiger partial charge in [-0.15, -0.1) is 0 Å². The summed E-state index contributed by atoms with van der Waals surface area (Å²) in [5.41, 5.74) is 8.33. The minimum absolute atomic E-state index is 0.0791. The fourth-order valence-electron chi connectivity index (χ4n) is 1.91. The molecule has 0 bridgehead atoms. The molecular formula is C14H20ClN3. The fraction of sp³-hybridized carbons (Fsp3) is 0.500. The molecule has 1 aromatic carbocycles. The summed E-state index contributed by atoms with van der Waals surface area (Å²) in [6.07, 6.45) is 0.770. The molecule has 18 heavy (non-hydrogen) atoms. The first-order valence-electron chi connectivity index (χ1n) is 6.15. The minimum Gasteiger partial charge on any atom is -0.331 e. The van der Waals surface area contributed by atoms with E-state index in [9.17, 15) is 0 Å². The van der Waals surface area contributed by atoms with Crippen LogP contribution in [0.2, 0.25) is 5.02 Å². The fourth-order valence-corrected chi connectivity index (χ4v) is 2.07. The Kier molecular flexibility index (Phi) is 3.39. The van der Waals surface area contributed by atoms with Crippen LogP contribution in [0, 0.1) is 5.41 Å². The van der Waals surface area contributed by atoms with Crippen LogP contribution in [0.25, 0.3) is 11.0 Å². The molecule has 0 aliphatic rings. The molecular weight excluding hydrogens is 246 g/mol. The lowest BCUT2D eigenvalue weighted by molar-refractivity contribution is 0.313. The molecule has 0 saturated heterocycles. The second-order valence-corrected chi connectivity index (χ2v) is 6.33. The molecule has 2 rings (SSSR count). The van der Waals surface area contributed by atoms with Gasteiger partial charge in [0.2, 0.25) is 0 Å². The zero-order valence-electron chi connectivity index (χ0n) is 11.4. The molecule has 2 aromatic rings. The van der Waals surface area contributed by atoms with Gasteiger partial charge in [-0.2, -0.15) is 0 Å². The highest BCUT2D eigenvalue weighted by molar-refractivity contribution is 6.31. The molecule has 0 fully saturated rings. The van der Waals surface area contributed by atoms with E-state index in [0.717, 1.165) is 23.3 Å². The molecule has 1 unspecified atom stereocenters. The standard InChI is InChI=1S/C14H20ClN3/c1-14(2,3)12(16)8-13-17-10-7-9(15)5-6-11(10)18(13)4/h5-7,12H,8,16H2,1-4H3. The average Bonchev–Trinajstić information content (AvgIpc) is 2.54. The molecule has 0 aliphatic heterocycles. The van der Waals surface area contributed by atoms with E-state index < -0.39 is 0 Å². The second kappa shape index (κ2) is 4.56. The number of hydrogen-bond acceptors (Lipinski definition) is 2. The SMILES string of the molecule is Cn1c(CC(N)C(C)(C)C)nc2cc(Cl)ccc21. The van der Waals surface area contributed by atoms with Crippen LogP contribution in [0.15, 0.2) is 18.2 Å². The normalized spacial score (nSPS) is 14.1. The van der Waals surface area contributed by atoms with Gasteiger partial charge >= 0.3 is 0 Å². The summed E-state index contributed by atoms with van der Waals surface area (Å²) in [5.74, 6) is 1.01. The van der Waals surface area contributed by atoms with Crippen molar-refractivity contribution in [3.05, 3.63) is 29.0 Å². The summed E-state index contributed by atoms with van der Waals surface area (Å²) in [7, 11) is 2.02. The van der Waals surface area contributed by atoms with E-state index in [1.807, 2.05) is 25.2 Å². The van der Waals surface area contributed by atoms with Crippen LogP contribution in [0.3, 0.4) is 0 Å². The van der Waals surface area contributed by atoms with Crippen molar-refractivity contribution in [2.75, 3.05) is 0 Å². The van der Waals surface area contributed by atoms with Crippen LogP contribution in [0.5, 0.6) is 0 Å². The molecule has 0 spiro atoms. The molecule has 0 aliphatic carbocycles. The second-order valence-electron chi connectivity index (χ2n) is 5.90. The monoisotopic (exact) mass is 265 g/mol. The number of aromatic nitrogens is 2. The molecule has 0 saturated carbocycles. The van der Waals surface area contributed by atoms with Crippen LogP contribution >= 0.6 is 11.6 Å². The lowest BCUT2D eigenvalue weighted by Crippen LogP contribution is -2.37. The molecule has 1 aromatic heterocycles. The van der Waals surface area contributed by atoms with Gasteiger partial charge in [0.1, 0.15) is 5.82 Å². The van der Waals surface area contributed by atoms with E-state index >= 15 is 0 Å². The Morgan fingerprint density at radius 3 is 2.67 bits per heavy atom. The number of rotatable bonds is 2. The van der Waals surface area contributed by atoms with E-state index in [2.05, 4.69) is 30.3 Å². The van der Waals surface area contributed by atoms with Crippen LogP contribution < -0.4 is 5.73 Å². The molecule has 1 atom stereocenters. The van der Waals surface area contributed by atoms with Crippen molar-refractivity contribution in [1.29, 1.82) is 0 Å². The van der Waals surface area contributed by atoms with Crippen molar-refractivity contribution < 1.29 is 0 Å². The van der Waals surface area contributed by atoms with Gasteiger partial charge < -0.3 is 10.3 Å². The molecule has 0 radical (unpaired) electrons. The average molecular weight is 266 g/mol. The number of halogens is 1. The van der Waals surface area contributed by atoms with Gasteiger partial charge in [-0.3, -0.25) is 0 Å². The smallest absolute Gasteiger partial charge is 0.111 e. The summed E-state index contributed by atoms with van der Waals surface area (Å²) in [5, 5.41) is 0.715. The van der Waals surface area contributed by atoms with E-state index in [-0.39, 0.29) is 11.5 Å². The molecule has 2 N–H and O–H groups in total. The maximum atomic E-state index is 6.22. The van der Waals surface area contributed by atoms with Crippen molar-refractivity contribution in [1.82, 2.24) is 9.55 Å². The zero-order chi connectivity index (χ0) is 13.5. The first-order valence-corrected chi connectivity index (χ1v) is 6.53.